The van der Waals surface area contributed by atoms with E-state index in [1.807, 2.05) is 30.3 Å². The highest BCUT2D eigenvalue weighted by Crippen LogP contribution is 2.25. The fourth-order valence-electron chi connectivity index (χ4n) is 2.27. The average molecular weight is 275 g/mol. The largest absolute Gasteiger partial charge is 0.490 e. The number of aromatic nitrogens is 1. The Balaban J connectivity index is 2.02. The number of hydrogen-bond acceptors (Lipinski definition) is 3. The summed E-state index contributed by atoms with van der Waals surface area (Å²) in [4.78, 5) is 4.06. The molecule has 0 aliphatic carbocycles. The number of nitrogens with zero attached hydrogens (tertiary/aromatic N) is 1. The maximum absolute atomic E-state index is 9.24. The molecule has 3 nitrogen and oxygen atoms in total. The van der Waals surface area contributed by atoms with Gasteiger partial charge in [-0.25, -0.2) is 0 Å². The van der Waals surface area contributed by atoms with E-state index in [0.29, 0.717) is 5.46 Å². The summed E-state index contributed by atoms with van der Waals surface area (Å²) in [5.41, 5.74) is 4.50. The molecule has 2 N–H and O–H groups in total. The van der Waals surface area contributed by atoms with Crippen LogP contribution in [0.4, 0.5) is 0 Å². The monoisotopic (exact) mass is 275 g/mol. The van der Waals surface area contributed by atoms with Crippen LogP contribution in [0.15, 0.2) is 73.1 Å². The second-order valence-corrected chi connectivity index (χ2v) is 4.83. The van der Waals surface area contributed by atoms with E-state index >= 15 is 0 Å². The third kappa shape index (κ3) is 3.02. The minimum atomic E-state index is -1.50. The summed E-state index contributed by atoms with van der Waals surface area (Å²) >= 11 is 0. The van der Waals surface area contributed by atoms with Gasteiger partial charge in [-0.3, -0.25) is 4.98 Å². The molecular weight excluding hydrogens is 261 g/mol. The molecule has 0 amide bonds. The second-order valence-electron chi connectivity index (χ2n) is 4.83. The first-order chi connectivity index (χ1) is 10.2. The Morgan fingerprint density at radius 1 is 0.667 bits per heavy atom. The number of hydrogen-bond donors (Lipinski definition) is 2. The van der Waals surface area contributed by atoms with E-state index in [4.69, 9.17) is 0 Å². The van der Waals surface area contributed by atoms with Crippen molar-refractivity contribution in [2.45, 2.75) is 0 Å². The molecule has 0 radical (unpaired) electrons. The summed E-state index contributed by atoms with van der Waals surface area (Å²) in [6.45, 7) is 0. The Morgan fingerprint density at radius 3 is 2.05 bits per heavy atom. The average Bonchev–Trinajstić information content (AvgIpc) is 2.56. The van der Waals surface area contributed by atoms with Crippen LogP contribution in [-0.4, -0.2) is 22.2 Å². The van der Waals surface area contributed by atoms with Crippen molar-refractivity contribution < 1.29 is 10.0 Å². The highest BCUT2D eigenvalue weighted by atomic mass is 16.4. The van der Waals surface area contributed by atoms with Crippen LogP contribution in [0.1, 0.15) is 0 Å². The lowest BCUT2D eigenvalue weighted by Gasteiger charge is -2.07. The molecule has 0 unspecified atom stereocenters. The van der Waals surface area contributed by atoms with E-state index < -0.39 is 7.12 Å². The molecule has 3 aromatic rings. The number of pyridine rings is 1. The zero-order valence-corrected chi connectivity index (χ0v) is 11.3. The minimum Gasteiger partial charge on any atom is -0.423 e. The lowest BCUT2D eigenvalue weighted by Crippen LogP contribution is -2.30. The summed E-state index contributed by atoms with van der Waals surface area (Å²) in [5.74, 6) is 0. The summed E-state index contributed by atoms with van der Waals surface area (Å²) < 4.78 is 0. The molecule has 0 atom stereocenters. The van der Waals surface area contributed by atoms with Gasteiger partial charge in [-0.15, -0.1) is 0 Å². The fraction of sp³-hybridized carbons (Fsp3) is 0. The van der Waals surface area contributed by atoms with Crippen LogP contribution in [0, 0.1) is 0 Å². The van der Waals surface area contributed by atoms with Gasteiger partial charge in [0.1, 0.15) is 0 Å². The van der Waals surface area contributed by atoms with Gasteiger partial charge in [0.05, 0.1) is 0 Å². The van der Waals surface area contributed by atoms with Crippen molar-refractivity contribution in [2.75, 3.05) is 0 Å². The Morgan fingerprint density at radius 2 is 1.33 bits per heavy atom. The molecule has 21 heavy (non-hydrogen) atoms. The van der Waals surface area contributed by atoms with Crippen molar-refractivity contribution in [3.63, 3.8) is 0 Å². The van der Waals surface area contributed by atoms with Crippen LogP contribution in [-0.2, 0) is 0 Å². The van der Waals surface area contributed by atoms with Gasteiger partial charge in [-0.05, 0) is 28.3 Å². The molecule has 0 saturated heterocycles. The Labute approximate surface area is 123 Å². The van der Waals surface area contributed by atoms with E-state index in [-0.39, 0.29) is 0 Å². The quantitative estimate of drug-likeness (QED) is 0.720. The van der Waals surface area contributed by atoms with Crippen molar-refractivity contribution >= 4 is 12.6 Å². The third-order valence-corrected chi connectivity index (χ3v) is 3.36. The normalized spacial score (nSPS) is 10.4. The van der Waals surface area contributed by atoms with Crippen LogP contribution in [0.3, 0.4) is 0 Å². The highest BCUT2D eigenvalue weighted by molar-refractivity contribution is 6.58. The molecule has 3 rings (SSSR count). The Kier molecular flexibility index (Phi) is 3.82. The lowest BCUT2D eigenvalue weighted by atomic mass is 9.80. The predicted octanol–water partition coefficient (Wildman–Crippen LogP) is 2.10. The first-order valence-electron chi connectivity index (χ1n) is 6.71. The topological polar surface area (TPSA) is 53.4 Å². The van der Waals surface area contributed by atoms with Crippen molar-refractivity contribution in [3.05, 3.63) is 73.1 Å². The standard InChI is InChI=1S/C17H14BNO2/c20-18(21)17-10-16(11-19-12-17)15-8-4-7-14(9-15)13-5-2-1-3-6-13/h1-12,20-21H. The highest BCUT2D eigenvalue weighted by Gasteiger charge is 2.12. The van der Waals surface area contributed by atoms with Crippen molar-refractivity contribution in [1.29, 1.82) is 0 Å². The van der Waals surface area contributed by atoms with Gasteiger partial charge in [-0.1, -0.05) is 54.6 Å². The summed E-state index contributed by atoms with van der Waals surface area (Å²) in [5, 5.41) is 18.5. The molecular formula is C17H14BNO2. The van der Waals surface area contributed by atoms with Crippen LogP contribution >= 0.6 is 0 Å². The Hall–Kier alpha value is -2.43. The van der Waals surface area contributed by atoms with E-state index in [2.05, 4.69) is 29.2 Å². The summed E-state index contributed by atoms with van der Waals surface area (Å²) in [7, 11) is -1.50. The van der Waals surface area contributed by atoms with E-state index in [1.165, 1.54) is 6.20 Å². The second kappa shape index (κ2) is 5.91. The zero-order chi connectivity index (χ0) is 14.7. The molecule has 1 heterocycles. The third-order valence-electron chi connectivity index (χ3n) is 3.36. The van der Waals surface area contributed by atoms with E-state index in [9.17, 15) is 10.0 Å². The molecule has 1 aromatic heterocycles. The summed E-state index contributed by atoms with van der Waals surface area (Å²) in [6, 6.07) is 20.0. The van der Waals surface area contributed by atoms with Gasteiger partial charge in [0.25, 0.3) is 0 Å². The predicted molar refractivity (Wildman–Crippen MR) is 84.9 cm³/mol. The van der Waals surface area contributed by atoms with Gasteiger partial charge < -0.3 is 10.0 Å². The SMILES string of the molecule is OB(O)c1cncc(-c2cccc(-c3ccccc3)c2)c1. The van der Waals surface area contributed by atoms with Crippen molar-refractivity contribution in [2.24, 2.45) is 0 Å². The van der Waals surface area contributed by atoms with Crippen LogP contribution in [0.2, 0.25) is 0 Å². The molecule has 0 fully saturated rings. The maximum Gasteiger partial charge on any atom is 0.490 e. The van der Waals surface area contributed by atoms with Crippen LogP contribution in [0.25, 0.3) is 22.3 Å². The number of benzene rings is 2. The van der Waals surface area contributed by atoms with Crippen molar-refractivity contribution in [1.82, 2.24) is 4.98 Å². The lowest BCUT2D eigenvalue weighted by molar-refractivity contribution is 0.425. The van der Waals surface area contributed by atoms with Gasteiger partial charge in [0, 0.05) is 17.9 Å². The van der Waals surface area contributed by atoms with E-state index in [1.54, 1.807) is 12.3 Å². The smallest absolute Gasteiger partial charge is 0.423 e. The van der Waals surface area contributed by atoms with Crippen LogP contribution < -0.4 is 5.46 Å². The Bertz CT molecular complexity index is 745. The van der Waals surface area contributed by atoms with Gasteiger partial charge >= 0.3 is 7.12 Å². The molecule has 0 saturated carbocycles. The van der Waals surface area contributed by atoms with E-state index in [0.717, 1.165) is 22.3 Å². The van der Waals surface area contributed by atoms with Gasteiger partial charge in [0.15, 0.2) is 0 Å². The number of rotatable bonds is 3. The maximum atomic E-state index is 9.24. The first-order valence-corrected chi connectivity index (χ1v) is 6.71. The molecule has 2 aromatic carbocycles. The molecule has 0 bridgehead atoms. The fourth-order valence-corrected chi connectivity index (χ4v) is 2.27. The van der Waals surface area contributed by atoms with Crippen molar-refractivity contribution in [3.8, 4) is 22.3 Å². The molecule has 102 valence electrons. The zero-order valence-electron chi connectivity index (χ0n) is 11.3. The van der Waals surface area contributed by atoms with Gasteiger partial charge in [-0.2, -0.15) is 0 Å². The summed E-state index contributed by atoms with van der Waals surface area (Å²) in [6.07, 6.45) is 3.17. The minimum absolute atomic E-state index is 0.387. The molecule has 4 heteroatoms. The first kappa shape index (κ1) is 13.6. The molecule has 0 aliphatic rings. The molecule has 0 spiro atoms. The van der Waals surface area contributed by atoms with Crippen LogP contribution in [0.5, 0.6) is 0 Å². The molecule has 0 aliphatic heterocycles. The van der Waals surface area contributed by atoms with Gasteiger partial charge in [0.2, 0.25) is 0 Å².